The molecule has 0 fully saturated rings. The quantitative estimate of drug-likeness (QED) is 0.329. The van der Waals surface area contributed by atoms with Crippen LogP contribution in [0, 0.1) is 17.7 Å². The summed E-state index contributed by atoms with van der Waals surface area (Å²) in [5, 5.41) is 43.7. The van der Waals surface area contributed by atoms with E-state index in [1.54, 1.807) is 0 Å². The molecule has 33 heavy (non-hydrogen) atoms. The Morgan fingerprint density at radius 3 is 2.45 bits per heavy atom. The van der Waals surface area contributed by atoms with Gasteiger partial charge in [-0.05, 0) is 38.9 Å². The molecule has 0 radical (unpaired) electrons. The fourth-order valence-corrected chi connectivity index (χ4v) is 5.48. The molecule has 3 aliphatic carbocycles. The zero-order chi connectivity index (χ0) is 24.6. The molecule has 176 valence electrons. The maximum atomic E-state index is 14.8. The Hall–Kier alpha value is -3.28. The van der Waals surface area contributed by atoms with Crippen LogP contribution in [0.2, 0.25) is 0 Å². The van der Waals surface area contributed by atoms with Crippen molar-refractivity contribution in [2.45, 2.75) is 31.0 Å². The average Bonchev–Trinajstić information content (AvgIpc) is 2.72. The van der Waals surface area contributed by atoms with Gasteiger partial charge in [-0.15, -0.1) is 0 Å². The van der Waals surface area contributed by atoms with Crippen molar-refractivity contribution in [2.24, 2.45) is 23.3 Å². The molecule has 1 aromatic carbocycles. The van der Waals surface area contributed by atoms with Gasteiger partial charge in [-0.25, -0.2) is 4.39 Å². The fourth-order valence-electron chi connectivity index (χ4n) is 5.48. The number of aromatic hydroxyl groups is 1. The number of carbonyl (C=O) groups excluding carboxylic acids is 3. The van der Waals surface area contributed by atoms with Crippen LogP contribution in [-0.4, -0.2) is 68.5 Å². The van der Waals surface area contributed by atoms with Gasteiger partial charge in [-0.2, -0.15) is 0 Å². The summed E-state index contributed by atoms with van der Waals surface area (Å²) in [5.74, 6) is -8.53. The van der Waals surface area contributed by atoms with Crippen LogP contribution in [0.5, 0.6) is 5.75 Å². The van der Waals surface area contributed by atoms with Crippen molar-refractivity contribution < 1.29 is 39.2 Å². The highest BCUT2D eigenvalue weighted by molar-refractivity contribution is 6.24. The number of amides is 1. The number of nitrogens with two attached hydrogens (primary N) is 2. The second kappa shape index (κ2) is 7.37. The monoisotopic (exact) mass is 461 g/mol. The summed E-state index contributed by atoms with van der Waals surface area (Å²) in [6.45, 7) is -0.251. The van der Waals surface area contributed by atoms with Crippen LogP contribution < -0.4 is 11.5 Å². The average molecular weight is 461 g/mol. The molecule has 10 nitrogen and oxygen atoms in total. The number of aliphatic hydroxyl groups is 3. The van der Waals surface area contributed by atoms with Gasteiger partial charge < -0.3 is 31.9 Å². The number of ketones is 2. The number of halogens is 1. The summed E-state index contributed by atoms with van der Waals surface area (Å²) in [4.78, 5) is 39.9. The zero-order valence-corrected chi connectivity index (χ0v) is 17.9. The van der Waals surface area contributed by atoms with Crippen LogP contribution in [0.1, 0.15) is 27.9 Å². The number of fused-ring (bicyclic) bond motifs is 3. The molecule has 0 heterocycles. The van der Waals surface area contributed by atoms with Gasteiger partial charge in [0.2, 0.25) is 5.78 Å². The van der Waals surface area contributed by atoms with E-state index in [9.17, 15) is 39.2 Å². The molecule has 0 bridgehead atoms. The van der Waals surface area contributed by atoms with E-state index < -0.39 is 75.2 Å². The summed E-state index contributed by atoms with van der Waals surface area (Å²) in [6, 6.07) is -0.0661. The fraction of sp³-hybridized carbons (Fsp3) is 0.409. The predicted molar refractivity (Wildman–Crippen MR) is 112 cm³/mol. The van der Waals surface area contributed by atoms with E-state index in [1.807, 2.05) is 0 Å². The lowest BCUT2D eigenvalue weighted by atomic mass is 9.58. The largest absolute Gasteiger partial charge is 0.510 e. The Morgan fingerprint density at radius 2 is 1.91 bits per heavy atom. The summed E-state index contributed by atoms with van der Waals surface area (Å²) in [6.07, 6.45) is -0.219. The van der Waals surface area contributed by atoms with Crippen LogP contribution in [0.25, 0.3) is 0 Å². The van der Waals surface area contributed by atoms with E-state index in [4.69, 9.17) is 11.5 Å². The van der Waals surface area contributed by atoms with E-state index in [2.05, 4.69) is 0 Å². The number of hydrogen-bond acceptors (Lipinski definition) is 9. The number of likely N-dealkylation sites (N-methyl/N-ethyl adjacent to an activating group) is 1. The van der Waals surface area contributed by atoms with Gasteiger partial charge in [0.15, 0.2) is 11.4 Å². The van der Waals surface area contributed by atoms with Gasteiger partial charge in [0.05, 0.1) is 11.6 Å². The highest BCUT2D eigenvalue weighted by atomic mass is 19.1. The number of nitrogens with zero attached hydrogens (tertiary/aromatic N) is 1. The molecular formula is C22H24FN3O7. The van der Waals surface area contributed by atoms with Crippen molar-refractivity contribution in [3.63, 3.8) is 0 Å². The third-order valence-corrected chi connectivity index (χ3v) is 6.97. The first-order valence-corrected chi connectivity index (χ1v) is 10.3. The van der Waals surface area contributed by atoms with E-state index in [0.29, 0.717) is 0 Å². The Morgan fingerprint density at radius 1 is 1.27 bits per heavy atom. The van der Waals surface area contributed by atoms with Crippen molar-refractivity contribution in [1.29, 1.82) is 0 Å². The van der Waals surface area contributed by atoms with E-state index >= 15 is 0 Å². The van der Waals surface area contributed by atoms with Crippen molar-refractivity contribution in [2.75, 3.05) is 14.1 Å². The lowest BCUT2D eigenvalue weighted by Crippen LogP contribution is -2.63. The maximum absolute atomic E-state index is 14.8. The summed E-state index contributed by atoms with van der Waals surface area (Å²) in [7, 11) is 3.05. The molecular weight excluding hydrogens is 437 g/mol. The normalized spacial score (nSPS) is 29.2. The minimum atomic E-state index is -2.73. The first kappa shape index (κ1) is 22.9. The Kier molecular flexibility index (Phi) is 5.11. The molecule has 11 heteroatoms. The second-order valence-corrected chi connectivity index (χ2v) is 8.89. The number of hydrogen-bond donors (Lipinski definition) is 6. The third kappa shape index (κ3) is 2.86. The first-order valence-electron chi connectivity index (χ1n) is 10.3. The number of aliphatic hydroxyl groups excluding tert-OH is 2. The SMILES string of the molecule is CN(C)[C@@H]1C(O)=C(C(N)=O)C(=O)[C@@]2(O)C(O)=C3C(=O)c4c(O)c(CN)cc(F)c4C[C@H]3C[C@@H]12. The second-order valence-electron chi connectivity index (χ2n) is 8.89. The number of allylic oxidation sites excluding steroid dienone is 1. The molecule has 0 spiro atoms. The van der Waals surface area contributed by atoms with Crippen molar-refractivity contribution in [3.05, 3.63) is 51.2 Å². The lowest BCUT2D eigenvalue weighted by molar-refractivity contribution is -0.148. The Balaban J connectivity index is 1.98. The van der Waals surface area contributed by atoms with Gasteiger partial charge in [0, 0.05) is 29.2 Å². The first-order chi connectivity index (χ1) is 15.4. The topological polar surface area (TPSA) is 187 Å². The van der Waals surface area contributed by atoms with E-state index in [-0.39, 0.29) is 36.1 Å². The highest BCUT2D eigenvalue weighted by Crippen LogP contribution is 2.52. The molecule has 4 atom stereocenters. The molecule has 0 unspecified atom stereocenters. The van der Waals surface area contributed by atoms with Gasteiger partial charge in [0.25, 0.3) is 5.91 Å². The smallest absolute Gasteiger partial charge is 0.255 e. The van der Waals surface area contributed by atoms with E-state index in [0.717, 1.165) is 6.07 Å². The number of carbonyl (C=O) groups is 3. The van der Waals surface area contributed by atoms with Crippen LogP contribution >= 0.6 is 0 Å². The summed E-state index contributed by atoms with van der Waals surface area (Å²) >= 11 is 0. The molecule has 0 saturated heterocycles. The number of Topliss-reactive ketones (excluding diaryl/α,β-unsaturated/α-hetero) is 2. The Bertz CT molecular complexity index is 1190. The minimum Gasteiger partial charge on any atom is -0.510 e. The van der Waals surface area contributed by atoms with Crippen LogP contribution in [-0.2, 0) is 22.6 Å². The van der Waals surface area contributed by atoms with Gasteiger partial charge >= 0.3 is 0 Å². The maximum Gasteiger partial charge on any atom is 0.255 e. The van der Waals surface area contributed by atoms with Gasteiger partial charge in [-0.3, -0.25) is 19.3 Å². The minimum absolute atomic E-state index is 0.0178. The number of benzene rings is 1. The van der Waals surface area contributed by atoms with Gasteiger partial charge in [-0.1, -0.05) is 0 Å². The van der Waals surface area contributed by atoms with Crippen molar-refractivity contribution in [3.8, 4) is 5.75 Å². The molecule has 3 aliphatic rings. The molecule has 1 amide bonds. The number of rotatable bonds is 3. The van der Waals surface area contributed by atoms with Crippen molar-refractivity contribution in [1.82, 2.24) is 4.90 Å². The summed E-state index contributed by atoms with van der Waals surface area (Å²) < 4.78 is 14.8. The third-order valence-electron chi connectivity index (χ3n) is 6.97. The van der Waals surface area contributed by atoms with Gasteiger partial charge in [0.1, 0.15) is 28.7 Å². The van der Waals surface area contributed by atoms with Crippen LogP contribution in [0.15, 0.2) is 28.7 Å². The van der Waals surface area contributed by atoms with E-state index in [1.165, 1.54) is 19.0 Å². The number of primary amides is 1. The number of phenols is 1. The van der Waals surface area contributed by atoms with Crippen molar-refractivity contribution >= 4 is 17.5 Å². The van der Waals surface area contributed by atoms with Crippen LogP contribution in [0.4, 0.5) is 4.39 Å². The molecule has 4 rings (SSSR count). The Labute approximate surface area is 187 Å². The van der Waals surface area contributed by atoms with Crippen LogP contribution in [0.3, 0.4) is 0 Å². The molecule has 8 N–H and O–H groups in total. The number of phenolic OH excluding ortho intramolecular Hbond substituents is 1. The standard InChI is InChI=1S/C22H24FN3O7/c1-26(2)15-10-4-7-3-9-11(23)5-8(6-24)16(27)13(9)17(28)12(7)19(30)22(10,33)20(31)14(18(15)29)21(25)32/h5,7,10,15,27,29-30,33H,3-4,6,24H2,1-2H3,(H2,25,32)/t7-,10-,15-,22-/m0/s1. The molecule has 1 aromatic rings. The predicted octanol–water partition coefficient (Wildman–Crippen LogP) is -0.282. The lowest BCUT2D eigenvalue weighted by Gasteiger charge is -2.50. The highest BCUT2D eigenvalue weighted by Gasteiger charge is 2.63. The molecule has 0 aliphatic heterocycles. The zero-order valence-electron chi connectivity index (χ0n) is 17.9. The summed E-state index contributed by atoms with van der Waals surface area (Å²) in [5.41, 5.74) is 6.35. The molecule has 0 aromatic heterocycles. The molecule has 0 saturated carbocycles.